The summed E-state index contributed by atoms with van der Waals surface area (Å²) in [5.41, 5.74) is 2.37. The molecule has 7 nitrogen and oxygen atoms in total. The van der Waals surface area contributed by atoms with Crippen molar-refractivity contribution in [1.29, 1.82) is 0 Å². The summed E-state index contributed by atoms with van der Waals surface area (Å²) in [6.45, 7) is -0.225. The minimum Gasteiger partial charge on any atom is -0.459 e. The van der Waals surface area contributed by atoms with E-state index in [4.69, 9.17) is 4.74 Å². The summed E-state index contributed by atoms with van der Waals surface area (Å²) in [6, 6.07) is 23.9. The number of rotatable bonds is 5. The lowest BCUT2D eigenvalue weighted by molar-refractivity contribution is -0.143. The molecule has 7 heteroatoms. The van der Waals surface area contributed by atoms with E-state index in [2.05, 4.69) is 5.32 Å². The number of carbonyl (C=O) groups is 3. The van der Waals surface area contributed by atoms with Crippen LogP contribution in [0.25, 0.3) is 0 Å². The summed E-state index contributed by atoms with van der Waals surface area (Å²) >= 11 is 0. The molecule has 0 aromatic heterocycles. The van der Waals surface area contributed by atoms with Gasteiger partial charge in [-0.25, -0.2) is 9.59 Å². The highest BCUT2D eigenvalue weighted by Crippen LogP contribution is 2.36. The Morgan fingerprint density at radius 2 is 1.37 bits per heavy atom. The standard InChI is InChI=1S/C23H19N3O4/c27-21(30-16-17-9-3-1-4-10-17)15-25-19-13-7-8-14-20(19)26(23(29)24-22(25)28)18-11-5-2-6-12-18/h1-14H,15-16H2,(H,24,28,29). The van der Waals surface area contributed by atoms with Gasteiger partial charge in [0.15, 0.2) is 0 Å². The first-order valence-electron chi connectivity index (χ1n) is 9.40. The SMILES string of the molecule is O=C(CN1C(=O)NC(=O)N(c2ccccc2)c2ccccc21)OCc1ccccc1. The molecule has 0 bridgehead atoms. The number of nitrogens with zero attached hydrogens (tertiary/aromatic N) is 2. The number of benzene rings is 3. The topological polar surface area (TPSA) is 79.0 Å². The van der Waals surface area contributed by atoms with Gasteiger partial charge in [-0.1, -0.05) is 60.7 Å². The van der Waals surface area contributed by atoms with Crippen LogP contribution in [-0.2, 0) is 16.1 Å². The van der Waals surface area contributed by atoms with Gasteiger partial charge >= 0.3 is 18.0 Å². The van der Waals surface area contributed by atoms with Crippen molar-refractivity contribution in [3.05, 3.63) is 90.5 Å². The molecule has 0 aliphatic carbocycles. The quantitative estimate of drug-likeness (QED) is 0.650. The highest BCUT2D eigenvalue weighted by molar-refractivity contribution is 6.16. The number of fused-ring (bicyclic) bond motifs is 1. The fourth-order valence-corrected chi connectivity index (χ4v) is 3.22. The molecule has 0 atom stereocenters. The van der Waals surface area contributed by atoms with Gasteiger partial charge in [-0.2, -0.15) is 0 Å². The van der Waals surface area contributed by atoms with Gasteiger partial charge in [-0.15, -0.1) is 0 Å². The number of esters is 1. The largest absolute Gasteiger partial charge is 0.459 e. The lowest BCUT2D eigenvalue weighted by Crippen LogP contribution is -2.46. The molecule has 30 heavy (non-hydrogen) atoms. The summed E-state index contributed by atoms with van der Waals surface area (Å²) < 4.78 is 5.31. The van der Waals surface area contributed by atoms with Crippen LogP contribution < -0.4 is 15.1 Å². The van der Waals surface area contributed by atoms with Crippen molar-refractivity contribution < 1.29 is 19.1 Å². The van der Waals surface area contributed by atoms with Crippen LogP contribution in [0.1, 0.15) is 5.56 Å². The highest BCUT2D eigenvalue weighted by Gasteiger charge is 2.33. The average molecular weight is 401 g/mol. The van der Waals surface area contributed by atoms with Crippen molar-refractivity contribution in [2.45, 2.75) is 6.61 Å². The number of amides is 4. The molecule has 4 rings (SSSR count). The lowest BCUT2D eigenvalue weighted by Gasteiger charge is -2.23. The molecule has 1 aliphatic rings. The minimum absolute atomic E-state index is 0.103. The van der Waals surface area contributed by atoms with Gasteiger partial charge < -0.3 is 4.74 Å². The zero-order valence-corrected chi connectivity index (χ0v) is 16.0. The monoisotopic (exact) mass is 401 g/mol. The minimum atomic E-state index is -0.692. The molecule has 0 unspecified atom stereocenters. The van der Waals surface area contributed by atoms with Crippen LogP contribution in [0.3, 0.4) is 0 Å². The van der Waals surface area contributed by atoms with Crippen molar-refractivity contribution in [2.24, 2.45) is 0 Å². The molecule has 1 aliphatic heterocycles. The Morgan fingerprint density at radius 3 is 2.07 bits per heavy atom. The van der Waals surface area contributed by atoms with E-state index in [0.717, 1.165) is 5.56 Å². The maximum absolute atomic E-state index is 12.8. The molecule has 3 aromatic rings. The highest BCUT2D eigenvalue weighted by atomic mass is 16.5. The van der Waals surface area contributed by atoms with E-state index in [1.165, 1.54) is 9.80 Å². The molecular weight excluding hydrogens is 382 g/mol. The molecule has 1 heterocycles. The second kappa shape index (κ2) is 8.48. The molecule has 0 saturated heterocycles. The third-order valence-corrected chi connectivity index (χ3v) is 4.62. The number of anilines is 3. The lowest BCUT2D eigenvalue weighted by atomic mass is 10.2. The van der Waals surface area contributed by atoms with Gasteiger partial charge in [0.05, 0.1) is 17.1 Å². The van der Waals surface area contributed by atoms with Gasteiger partial charge in [-0.3, -0.25) is 19.9 Å². The van der Waals surface area contributed by atoms with Crippen molar-refractivity contribution in [3.8, 4) is 0 Å². The van der Waals surface area contributed by atoms with Crippen LogP contribution in [0.5, 0.6) is 0 Å². The number of urea groups is 2. The van der Waals surface area contributed by atoms with Gasteiger partial charge in [0.2, 0.25) is 0 Å². The van der Waals surface area contributed by atoms with Gasteiger partial charge in [0, 0.05) is 0 Å². The first-order chi connectivity index (χ1) is 14.6. The van der Waals surface area contributed by atoms with Gasteiger partial charge in [0.25, 0.3) is 0 Å². The summed E-state index contributed by atoms with van der Waals surface area (Å²) in [4.78, 5) is 40.6. The second-order valence-electron chi connectivity index (χ2n) is 6.63. The molecule has 0 spiro atoms. The van der Waals surface area contributed by atoms with E-state index in [9.17, 15) is 14.4 Å². The number of para-hydroxylation sites is 3. The number of hydrogen-bond acceptors (Lipinski definition) is 4. The zero-order chi connectivity index (χ0) is 20.9. The van der Waals surface area contributed by atoms with Crippen LogP contribution in [0.2, 0.25) is 0 Å². The first kappa shape index (κ1) is 19.2. The van der Waals surface area contributed by atoms with E-state index in [-0.39, 0.29) is 13.2 Å². The van der Waals surface area contributed by atoms with Crippen LogP contribution in [0, 0.1) is 0 Å². The summed E-state index contributed by atoms with van der Waals surface area (Å²) in [5.74, 6) is -0.579. The van der Waals surface area contributed by atoms with E-state index in [1.807, 2.05) is 36.4 Å². The fraction of sp³-hybridized carbons (Fsp3) is 0.0870. The van der Waals surface area contributed by atoms with Crippen molar-refractivity contribution >= 4 is 35.1 Å². The van der Waals surface area contributed by atoms with Gasteiger partial charge in [0.1, 0.15) is 13.2 Å². The van der Waals surface area contributed by atoms with Crippen molar-refractivity contribution in [2.75, 3.05) is 16.3 Å². The van der Waals surface area contributed by atoms with E-state index >= 15 is 0 Å². The molecular formula is C23H19N3O4. The Morgan fingerprint density at radius 1 is 0.767 bits per heavy atom. The summed E-state index contributed by atoms with van der Waals surface area (Å²) in [7, 11) is 0. The van der Waals surface area contributed by atoms with Crippen LogP contribution in [0.15, 0.2) is 84.9 Å². The smallest absolute Gasteiger partial charge is 0.334 e. The second-order valence-corrected chi connectivity index (χ2v) is 6.63. The Bertz CT molecular complexity index is 1070. The number of nitrogens with one attached hydrogen (secondary N) is 1. The summed E-state index contributed by atoms with van der Waals surface area (Å²) in [6.07, 6.45) is 0. The predicted molar refractivity (Wildman–Crippen MR) is 113 cm³/mol. The maximum atomic E-state index is 12.8. The number of ether oxygens (including phenoxy) is 1. The Kier molecular flexibility index (Phi) is 5.43. The van der Waals surface area contributed by atoms with Crippen LogP contribution in [0.4, 0.5) is 26.7 Å². The zero-order valence-electron chi connectivity index (χ0n) is 16.0. The molecule has 0 saturated carbocycles. The van der Waals surface area contributed by atoms with Gasteiger partial charge in [-0.05, 0) is 29.8 Å². The number of imide groups is 1. The molecule has 4 amide bonds. The first-order valence-corrected chi connectivity index (χ1v) is 9.40. The average Bonchev–Trinajstić information content (AvgIpc) is 2.87. The Labute approximate surface area is 173 Å². The van der Waals surface area contributed by atoms with Crippen LogP contribution in [-0.4, -0.2) is 24.6 Å². The number of carbonyl (C=O) groups excluding carboxylic acids is 3. The van der Waals surface area contributed by atoms with E-state index < -0.39 is 18.0 Å². The predicted octanol–water partition coefficient (Wildman–Crippen LogP) is 4.22. The molecule has 0 fully saturated rings. The molecule has 1 N–H and O–H groups in total. The molecule has 3 aromatic carbocycles. The molecule has 150 valence electrons. The van der Waals surface area contributed by atoms with Crippen LogP contribution >= 0.6 is 0 Å². The number of hydrogen-bond donors (Lipinski definition) is 1. The molecule has 0 radical (unpaired) electrons. The third-order valence-electron chi connectivity index (χ3n) is 4.62. The Balaban J connectivity index is 1.60. The Hall–Kier alpha value is -4.13. The summed E-state index contributed by atoms with van der Waals surface area (Å²) in [5, 5.41) is 2.33. The maximum Gasteiger partial charge on any atom is 0.334 e. The fourth-order valence-electron chi connectivity index (χ4n) is 3.22. The third kappa shape index (κ3) is 4.00. The van der Waals surface area contributed by atoms with Crippen molar-refractivity contribution in [3.63, 3.8) is 0 Å². The van der Waals surface area contributed by atoms with Crippen molar-refractivity contribution in [1.82, 2.24) is 5.32 Å². The van der Waals surface area contributed by atoms with E-state index in [1.54, 1.807) is 48.5 Å². The normalized spacial score (nSPS) is 13.3. The van der Waals surface area contributed by atoms with E-state index in [0.29, 0.717) is 17.1 Å².